The Kier molecular flexibility index (Phi) is 2.96. The second-order valence-corrected chi connectivity index (χ2v) is 5.71. The minimum Gasteiger partial charge on any atom is -0.344 e. The Balaban J connectivity index is 1.53. The van der Waals surface area contributed by atoms with Gasteiger partial charge in [-0.1, -0.05) is 18.2 Å². The van der Waals surface area contributed by atoms with Crippen LogP contribution < -0.4 is 0 Å². The highest BCUT2D eigenvalue weighted by molar-refractivity contribution is 5.87. The summed E-state index contributed by atoms with van der Waals surface area (Å²) in [6.45, 7) is 3.28. The number of carbonyl (C=O) groups is 1. The molecule has 6 nitrogen and oxygen atoms in total. The van der Waals surface area contributed by atoms with Crippen molar-refractivity contribution in [3.8, 4) is 0 Å². The van der Waals surface area contributed by atoms with Gasteiger partial charge < -0.3 is 9.88 Å². The van der Waals surface area contributed by atoms with Crippen molar-refractivity contribution in [2.75, 3.05) is 6.54 Å². The number of carbonyl (C=O) groups excluding carboxylic acids is 1. The number of hydrogen-bond donors (Lipinski definition) is 2. The van der Waals surface area contributed by atoms with E-state index in [2.05, 4.69) is 20.2 Å². The Labute approximate surface area is 127 Å². The van der Waals surface area contributed by atoms with Crippen LogP contribution in [0.5, 0.6) is 0 Å². The van der Waals surface area contributed by atoms with Crippen LogP contribution in [0.2, 0.25) is 0 Å². The van der Waals surface area contributed by atoms with Crippen molar-refractivity contribution in [3.05, 3.63) is 47.2 Å². The number of rotatable bonds is 2. The first-order chi connectivity index (χ1) is 10.7. The van der Waals surface area contributed by atoms with Crippen LogP contribution >= 0.6 is 0 Å². The first kappa shape index (κ1) is 13.1. The Morgan fingerprint density at radius 2 is 2.23 bits per heavy atom. The number of hydrogen-bond acceptors (Lipinski definition) is 3. The molecule has 1 aliphatic heterocycles. The SMILES string of the molecule is Cc1nc2c([nH]1)CN(C(=O)Cc1[nH]nc3ccccc13)CC2. The lowest BCUT2D eigenvalue weighted by atomic mass is 10.1. The summed E-state index contributed by atoms with van der Waals surface area (Å²) in [6.07, 6.45) is 1.16. The monoisotopic (exact) mass is 295 g/mol. The topological polar surface area (TPSA) is 77.7 Å². The van der Waals surface area contributed by atoms with Crippen molar-refractivity contribution in [3.63, 3.8) is 0 Å². The molecule has 0 unspecified atom stereocenters. The van der Waals surface area contributed by atoms with Gasteiger partial charge in [0.25, 0.3) is 0 Å². The standard InChI is InChI=1S/C16H17N5O/c1-10-17-13-6-7-21(9-15(13)18-10)16(22)8-14-11-4-2-3-5-12(11)19-20-14/h2-5H,6-9H2,1H3,(H,17,18)(H,19,20). The summed E-state index contributed by atoms with van der Waals surface area (Å²) in [5, 5.41) is 8.25. The molecular weight excluding hydrogens is 278 g/mol. The Hall–Kier alpha value is -2.63. The number of para-hydroxylation sites is 1. The van der Waals surface area contributed by atoms with Crippen LogP contribution in [0.4, 0.5) is 0 Å². The normalized spacial score (nSPS) is 14.3. The van der Waals surface area contributed by atoms with Crippen LogP contribution in [0.25, 0.3) is 10.9 Å². The Bertz CT molecular complexity index is 847. The molecule has 0 spiro atoms. The van der Waals surface area contributed by atoms with Gasteiger partial charge in [-0.3, -0.25) is 9.89 Å². The van der Waals surface area contributed by atoms with Crippen molar-refractivity contribution < 1.29 is 4.79 Å². The molecule has 22 heavy (non-hydrogen) atoms. The fourth-order valence-electron chi connectivity index (χ4n) is 3.06. The summed E-state index contributed by atoms with van der Waals surface area (Å²) < 4.78 is 0. The van der Waals surface area contributed by atoms with Gasteiger partial charge in [0.15, 0.2) is 0 Å². The molecule has 0 fully saturated rings. The quantitative estimate of drug-likeness (QED) is 0.755. The number of H-pyrrole nitrogens is 2. The highest BCUT2D eigenvalue weighted by atomic mass is 16.2. The molecule has 3 aromatic rings. The highest BCUT2D eigenvalue weighted by Gasteiger charge is 2.24. The summed E-state index contributed by atoms with van der Waals surface area (Å²) in [5.74, 6) is 1.03. The van der Waals surface area contributed by atoms with Gasteiger partial charge in [-0.25, -0.2) is 4.98 Å². The fourth-order valence-corrected chi connectivity index (χ4v) is 3.06. The van der Waals surface area contributed by atoms with E-state index in [0.717, 1.165) is 46.8 Å². The predicted octanol–water partition coefficient (Wildman–Crippen LogP) is 1.72. The Morgan fingerprint density at radius 3 is 3.14 bits per heavy atom. The highest BCUT2D eigenvalue weighted by Crippen LogP contribution is 2.19. The van der Waals surface area contributed by atoms with Crippen LogP contribution in [-0.2, 0) is 24.2 Å². The van der Waals surface area contributed by atoms with Gasteiger partial charge >= 0.3 is 0 Å². The average molecular weight is 295 g/mol. The van der Waals surface area contributed by atoms with E-state index >= 15 is 0 Å². The van der Waals surface area contributed by atoms with Gasteiger partial charge in [0.2, 0.25) is 5.91 Å². The Morgan fingerprint density at radius 1 is 1.36 bits per heavy atom. The second kappa shape index (κ2) is 4.98. The maximum atomic E-state index is 12.6. The van der Waals surface area contributed by atoms with Crippen molar-refractivity contribution in [2.24, 2.45) is 0 Å². The lowest BCUT2D eigenvalue weighted by Gasteiger charge is -2.26. The van der Waals surface area contributed by atoms with Crippen LogP contribution in [-0.4, -0.2) is 37.5 Å². The van der Waals surface area contributed by atoms with E-state index in [4.69, 9.17) is 0 Å². The zero-order valence-corrected chi connectivity index (χ0v) is 12.4. The molecule has 2 aromatic heterocycles. The molecule has 6 heteroatoms. The number of imidazole rings is 1. The molecule has 0 atom stereocenters. The molecule has 112 valence electrons. The van der Waals surface area contributed by atoms with Gasteiger partial charge in [-0.05, 0) is 13.0 Å². The van der Waals surface area contributed by atoms with E-state index in [9.17, 15) is 4.79 Å². The molecule has 3 heterocycles. The van der Waals surface area contributed by atoms with Crippen LogP contribution in [0.1, 0.15) is 22.9 Å². The molecule has 0 saturated heterocycles. The number of fused-ring (bicyclic) bond motifs is 2. The van der Waals surface area contributed by atoms with E-state index in [1.807, 2.05) is 36.1 Å². The number of nitrogens with one attached hydrogen (secondary N) is 2. The van der Waals surface area contributed by atoms with Crippen LogP contribution in [0.3, 0.4) is 0 Å². The molecule has 0 radical (unpaired) electrons. The number of benzene rings is 1. The molecule has 4 rings (SSSR count). The average Bonchev–Trinajstić information content (AvgIpc) is 3.09. The van der Waals surface area contributed by atoms with E-state index < -0.39 is 0 Å². The molecule has 1 aliphatic rings. The maximum Gasteiger partial charge on any atom is 0.228 e. The third-order valence-electron chi connectivity index (χ3n) is 4.17. The first-order valence-electron chi connectivity index (χ1n) is 7.45. The summed E-state index contributed by atoms with van der Waals surface area (Å²) >= 11 is 0. The lowest BCUT2D eigenvalue weighted by molar-refractivity contribution is -0.131. The van der Waals surface area contributed by atoms with E-state index in [1.54, 1.807) is 0 Å². The van der Waals surface area contributed by atoms with E-state index in [0.29, 0.717) is 13.0 Å². The molecule has 0 saturated carbocycles. The third-order valence-corrected chi connectivity index (χ3v) is 4.17. The summed E-state index contributed by atoms with van der Waals surface area (Å²) in [6, 6.07) is 7.85. The zero-order chi connectivity index (χ0) is 15.1. The van der Waals surface area contributed by atoms with Gasteiger partial charge in [0.05, 0.1) is 35.6 Å². The maximum absolute atomic E-state index is 12.6. The molecule has 2 N–H and O–H groups in total. The summed E-state index contributed by atoms with van der Waals surface area (Å²) in [4.78, 5) is 22.2. The van der Waals surface area contributed by atoms with Crippen LogP contribution in [0, 0.1) is 6.92 Å². The lowest BCUT2D eigenvalue weighted by Crippen LogP contribution is -2.37. The molecule has 0 aliphatic carbocycles. The smallest absolute Gasteiger partial charge is 0.228 e. The minimum atomic E-state index is 0.118. The number of aromatic amines is 2. The third kappa shape index (κ3) is 2.16. The largest absolute Gasteiger partial charge is 0.344 e. The molecular formula is C16H17N5O. The second-order valence-electron chi connectivity index (χ2n) is 5.71. The minimum absolute atomic E-state index is 0.118. The number of aromatic nitrogens is 4. The summed E-state index contributed by atoms with van der Waals surface area (Å²) in [7, 11) is 0. The van der Waals surface area contributed by atoms with Gasteiger partial charge in [0, 0.05) is 18.4 Å². The number of nitrogens with zero attached hydrogens (tertiary/aromatic N) is 3. The van der Waals surface area contributed by atoms with Crippen molar-refractivity contribution in [1.82, 2.24) is 25.1 Å². The first-order valence-corrected chi connectivity index (χ1v) is 7.45. The predicted molar refractivity (Wildman–Crippen MR) is 82.2 cm³/mol. The van der Waals surface area contributed by atoms with Gasteiger partial charge in [0.1, 0.15) is 5.82 Å². The van der Waals surface area contributed by atoms with E-state index in [-0.39, 0.29) is 5.91 Å². The van der Waals surface area contributed by atoms with Gasteiger partial charge in [-0.15, -0.1) is 0 Å². The zero-order valence-electron chi connectivity index (χ0n) is 12.4. The molecule has 1 aromatic carbocycles. The molecule has 0 bridgehead atoms. The number of amides is 1. The summed E-state index contributed by atoms with van der Waals surface area (Å²) in [5.41, 5.74) is 3.93. The van der Waals surface area contributed by atoms with Crippen molar-refractivity contribution in [2.45, 2.75) is 26.3 Å². The van der Waals surface area contributed by atoms with Gasteiger partial charge in [-0.2, -0.15) is 5.10 Å². The molecule has 1 amide bonds. The number of aryl methyl sites for hydroxylation is 1. The van der Waals surface area contributed by atoms with E-state index in [1.165, 1.54) is 0 Å². The van der Waals surface area contributed by atoms with Crippen LogP contribution in [0.15, 0.2) is 24.3 Å². The van der Waals surface area contributed by atoms with Crippen molar-refractivity contribution in [1.29, 1.82) is 0 Å². The van der Waals surface area contributed by atoms with Crippen molar-refractivity contribution >= 4 is 16.8 Å². The fraction of sp³-hybridized carbons (Fsp3) is 0.312.